The summed E-state index contributed by atoms with van der Waals surface area (Å²) in [7, 11) is 1.50. The van der Waals surface area contributed by atoms with E-state index < -0.39 is 11.7 Å². The minimum absolute atomic E-state index is 0.0429. The van der Waals surface area contributed by atoms with Gasteiger partial charge < -0.3 is 19.5 Å². The van der Waals surface area contributed by atoms with Crippen molar-refractivity contribution in [2.75, 3.05) is 25.5 Å². The molecule has 0 fully saturated rings. The Morgan fingerprint density at radius 3 is 2.45 bits per heavy atom. The average Bonchev–Trinajstić information content (AvgIpc) is 3.12. The van der Waals surface area contributed by atoms with Crippen LogP contribution in [-0.4, -0.2) is 47.3 Å². The number of Topliss-reactive ketones (excluding diaryl/α,β-unsaturated/α-hetero) is 1. The SMILES string of the molecule is CCN(CC)C(=O)Cn1cc(C(=O)C(=O)Nc2cc(C)ccc2OC)c2ccccc21. The Balaban J connectivity index is 1.92. The number of hydrogen-bond acceptors (Lipinski definition) is 4. The molecule has 0 spiro atoms. The van der Waals surface area contributed by atoms with Crippen LogP contribution in [0.25, 0.3) is 10.9 Å². The fourth-order valence-corrected chi connectivity index (χ4v) is 3.60. The highest BCUT2D eigenvalue weighted by Gasteiger charge is 2.23. The van der Waals surface area contributed by atoms with Crippen LogP contribution in [0, 0.1) is 6.92 Å². The number of amides is 2. The Bertz CT molecular complexity index is 1130. The minimum Gasteiger partial charge on any atom is -0.495 e. The van der Waals surface area contributed by atoms with E-state index in [1.54, 1.807) is 39.9 Å². The number of carbonyl (C=O) groups is 3. The Hall–Kier alpha value is -3.61. The normalized spacial score (nSPS) is 10.7. The zero-order chi connectivity index (χ0) is 22.5. The topological polar surface area (TPSA) is 80.6 Å². The van der Waals surface area contributed by atoms with Gasteiger partial charge in [0.1, 0.15) is 12.3 Å². The monoisotopic (exact) mass is 421 g/mol. The van der Waals surface area contributed by atoms with E-state index in [0.29, 0.717) is 29.9 Å². The van der Waals surface area contributed by atoms with Crippen molar-refractivity contribution in [2.45, 2.75) is 27.3 Å². The number of benzene rings is 2. The molecule has 0 atom stereocenters. The lowest BCUT2D eigenvalue weighted by Gasteiger charge is -2.19. The largest absolute Gasteiger partial charge is 0.495 e. The zero-order valence-corrected chi connectivity index (χ0v) is 18.3. The van der Waals surface area contributed by atoms with Crippen molar-refractivity contribution < 1.29 is 19.1 Å². The molecule has 0 aliphatic rings. The van der Waals surface area contributed by atoms with E-state index in [1.807, 2.05) is 39.0 Å². The molecule has 0 unspecified atom stereocenters. The molecule has 31 heavy (non-hydrogen) atoms. The summed E-state index contributed by atoms with van der Waals surface area (Å²) in [6.07, 6.45) is 1.58. The summed E-state index contributed by atoms with van der Waals surface area (Å²) < 4.78 is 7.00. The Kier molecular flexibility index (Phi) is 6.74. The summed E-state index contributed by atoms with van der Waals surface area (Å²) >= 11 is 0. The lowest BCUT2D eigenvalue weighted by atomic mass is 10.1. The number of methoxy groups -OCH3 is 1. The molecular formula is C24H27N3O4. The van der Waals surface area contributed by atoms with E-state index in [2.05, 4.69) is 5.32 Å². The Morgan fingerprint density at radius 2 is 1.77 bits per heavy atom. The van der Waals surface area contributed by atoms with Crippen molar-refractivity contribution in [1.82, 2.24) is 9.47 Å². The van der Waals surface area contributed by atoms with Gasteiger partial charge in [-0.25, -0.2) is 0 Å². The number of aryl methyl sites for hydroxylation is 1. The van der Waals surface area contributed by atoms with Gasteiger partial charge in [0, 0.05) is 30.2 Å². The number of nitrogens with one attached hydrogen (secondary N) is 1. The second-order valence-corrected chi connectivity index (χ2v) is 7.24. The molecule has 7 nitrogen and oxygen atoms in total. The lowest BCUT2D eigenvalue weighted by molar-refractivity contribution is -0.131. The third-order valence-electron chi connectivity index (χ3n) is 5.26. The first-order valence-corrected chi connectivity index (χ1v) is 10.3. The van der Waals surface area contributed by atoms with Crippen molar-refractivity contribution in [3.05, 3.63) is 59.8 Å². The number of ketones is 1. The molecule has 0 saturated heterocycles. The van der Waals surface area contributed by atoms with Gasteiger partial charge in [0.05, 0.1) is 18.4 Å². The second-order valence-electron chi connectivity index (χ2n) is 7.24. The van der Waals surface area contributed by atoms with Gasteiger partial charge >= 0.3 is 0 Å². The molecule has 0 bridgehead atoms. The van der Waals surface area contributed by atoms with Crippen LogP contribution in [0.2, 0.25) is 0 Å². The van der Waals surface area contributed by atoms with Crippen LogP contribution in [0.1, 0.15) is 29.8 Å². The molecule has 0 aliphatic carbocycles. The number of ether oxygens (including phenoxy) is 1. The smallest absolute Gasteiger partial charge is 0.296 e. The fourth-order valence-electron chi connectivity index (χ4n) is 3.60. The summed E-state index contributed by atoms with van der Waals surface area (Å²) in [6, 6.07) is 12.6. The molecule has 0 radical (unpaired) electrons. The maximum Gasteiger partial charge on any atom is 0.296 e. The lowest BCUT2D eigenvalue weighted by Crippen LogP contribution is -2.33. The molecule has 1 aromatic heterocycles. The first-order valence-electron chi connectivity index (χ1n) is 10.3. The van der Waals surface area contributed by atoms with E-state index in [9.17, 15) is 14.4 Å². The van der Waals surface area contributed by atoms with Gasteiger partial charge in [-0.1, -0.05) is 24.3 Å². The molecule has 1 heterocycles. The van der Waals surface area contributed by atoms with Gasteiger partial charge in [-0.15, -0.1) is 0 Å². The predicted molar refractivity (Wildman–Crippen MR) is 121 cm³/mol. The quantitative estimate of drug-likeness (QED) is 0.445. The molecule has 7 heteroatoms. The van der Waals surface area contributed by atoms with Gasteiger partial charge in [-0.05, 0) is 44.5 Å². The van der Waals surface area contributed by atoms with Crippen LogP contribution in [0.4, 0.5) is 5.69 Å². The number of aromatic nitrogens is 1. The van der Waals surface area contributed by atoms with E-state index in [0.717, 1.165) is 11.1 Å². The Morgan fingerprint density at radius 1 is 1.06 bits per heavy atom. The first kappa shape index (κ1) is 22.1. The standard InChI is InChI=1S/C24H27N3O4/c1-5-26(6-2)22(28)15-27-14-18(17-9-7-8-10-20(17)27)23(29)24(30)25-19-13-16(3)11-12-21(19)31-4/h7-14H,5-6,15H2,1-4H3,(H,25,30). The summed E-state index contributed by atoms with van der Waals surface area (Å²) in [4.78, 5) is 40.1. The molecule has 1 N–H and O–H groups in total. The van der Waals surface area contributed by atoms with Crippen molar-refractivity contribution in [2.24, 2.45) is 0 Å². The maximum atomic E-state index is 13.0. The van der Waals surface area contributed by atoms with Crippen LogP contribution in [0.5, 0.6) is 5.75 Å². The third-order valence-corrected chi connectivity index (χ3v) is 5.26. The van der Waals surface area contributed by atoms with Gasteiger partial charge in [-0.3, -0.25) is 14.4 Å². The number of hydrogen-bond donors (Lipinski definition) is 1. The first-order chi connectivity index (χ1) is 14.9. The highest BCUT2D eigenvalue weighted by molar-refractivity contribution is 6.48. The van der Waals surface area contributed by atoms with Crippen LogP contribution in [0.3, 0.4) is 0 Å². The molecule has 0 saturated carbocycles. The highest BCUT2D eigenvalue weighted by Crippen LogP contribution is 2.26. The summed E-state index contributed by atoms with van der Waals surface area (Å²) in [6.45, 7) is 7.06. The minimum atomic E-state index is -0.762. The molecule has 2 amide bonds. The van der Waals surface area contributed by atoms with Crippen LogP contribution in [-0.2, 0) is 16.1 Å². The molecule has 0 aliphatic heterocycles. The van der Waals surface area contributed by atoms with E-state index >= 15 is 0 Å². The molecule has 3 aromatic rings. The number of carbonyl (C=O) groups excluding carboxylic acids is 3. The number of fused-ring (bicyclic) bond motifs is 1. The fraction of sp³-hybridized carbons (Fsp3) is 0.292. The number of nitrogens with zero attached hydrogens (tertiary/aromatic N) is 2. The van der Waals surface area contributed by atoms with Crippen molar-refractivity contribution >= 4 is 34.2 Å². The van der Waals surface area contributed by atoms with Crippen LogP contribution in [0.15, 0.2) is 48.7 Å². The van der Waals surface area contributed by atoms with E-state index in [-0.39, 0.29) is 18.0 Å². The third kappa shape index (κ3) is 4.60. The van der Waals surface area contributed by atoms with Crippen LogP contribution < -0.4 is 10.1 Å². The van der Waals surface area contributed by atoms with Crippen molar-refractivity contribution in [3.8, 4) is 5.75 Å². The zero-order valence-electron chi connectivity index (χ0n) is 18.3. The van der Waals surface area contributed by atoms with Gasteiger partial charge in [0.2, 0.25) is 5.91 Å². The second kappa shape index (κ2) is 9.47. The maximum absolute atomic E-state index is 13.0. The van der Waals surface area contributed by atoms with E-state index in [1.165, 1.54) is 7.11 Å². The van der Waals surface area contributed by atoms with Gasteiger partial charge in [-0.2, -0.15) is 0 Å². The van der Waals surface area contributed by atoms with E-state index in [4.69, 9.17) is 4.74 Å². The summed E-state index contributed by atoms with van der Waals surface area (Å²) in [5.74, 6) is -1.01. The molecule has 2 aromatic carbocycles. The number of rotatable bonds is 8. The van der Waals surface area contributed by atoms with Crippen molar-refractivity contribution in [3.63, 3.8) is 0 Å². The van der Waals surface area contributed by atoms with Crippen LogP contribution >= 0.6 is 0 Å². The predicted octanol–water partition coefficient (Wildman–Crippen LogP) is 3.65. The highest BCUT2D eigenvalue weighted by atomic mass is 16.5. The molecule has 3 rings (SSSR count). The molecule has 162 valence electrons. The van der Waals surface area contributed by atoms with Crippen molar-refractivity contribution in [1.29, 1.82) is 0 Å². The number of anilines is 1. The number of para-hydroxylation sites is 1. The van der Waals surface area contributed by atoms with Gasteiger partial charge in [0.15, 0.2) is 0 Å². The molecular weight excluding hydrogens is 394 g/mol. The Labute approximate surface area is 181 Å². The van der Waals surface area contributed by atoms with Gasteiger partial charge in [0.25, 0.3) is 11.7 Å². The average molecular weight is 421 g/mol. The number of likely N-dealkylation sites (N-methyl/N-ethyl adjacent to an activating group) is 1. The summed E-state index contributed by atoms with van der Waals surface area (Å²) in [5, 5.41) is 3.28. The summed E-state index contributed by atoms with van der Waals surface area (Å²) in [5.41, 5.74) is 2.34.